The van der Waals surface area contributed by atoms with E-state index in [1.54, 1.807) is 0 Å². The van der Waals surface area contributed by atoms with E-state index in [-0.39, 0.29) is 0 Å². The van der Waals surface area contributed by atoms with Gasteiger partial charge in [-0.15, -0.1) is 0 Å². The van der Waals surface area contributed by atoms with Crippen molar-refractivity contribution in [3.8, 4) is 0 Å². The number of hydrogen-bond acceptors (Lipinski definition) is 3. The summed E-state index contributed by atoms with van der Waals surface area (Å²) in [5.74, 6) is 1.20. The number of rotatable bonds is 5. The predicted molar refractivity (Wildman–Crippen MR) is 90.5 cm³/mol. The number of hydrogen-bond donors (Lipinski definition) is 2. The fraction of sp³-hybridized carbons (Fsp3) is 0.500. The number of nitrogens with one attached hydrogen (secondary N) is 1. The summed E-state index contributed by atoms with van der Waals surface area (Å²) in [6.45, 7) is 2.22. The molecule has 2 rings (SSSR count). The molecule has 2 unspecified atom stereocenters. The Labute approximate surface area is 129 Å². The second-order valence-electron chi connectivity index (χ2n) is 4.79. The Bertz CT molecular complexity index is 465. The summed E-state index contributed by atoms with van der Waals surface area (Å²) in [7, 11) is 0. The SMILES string of the molecule is CCSC1CCC(Nc2ccc(C(N)=S)c(Cl)c2)C1. The van der Waals surface area contributed by atoms with E-state index in [2.05, 4.69) is 24.0 Å². The number of nitrogens with two attached hydrogens (primary N) is 1. The molecule has 0 bridgehead atoms. The third kappa shape index (κ3) is 4.01. The molecule has 1 aliphatic carbocycles. The second-order valence-corrected chi connectivity index (χ2v) is 7.21. The zero-order valence-electron chi connectivity index (χ0n) is 11.0. The molecule has 1 fully saturated rings. The van der Waals surface area contributed by atoms with Gasteiger partial charge >= 0.3 is 0 Å². The van der Waals surface area contributed by atoms with Crippen molar-refractivity contribution < 1.29 is 0 Å². The van der Waals surface area contributed by atoms with Gasteiger partial charge in [0.25, 0.3) is 0 Å². The Morgan fingerprint density at radius 1 is 1.53 bits per heavy atom. The van der Waals surface area contributed by atoms with Gasteiger partial charge in [-0.2, -0.15) is 11.8 Å². The zero-order valence-corrected chi connectivity index (χ0v) is 13.4. The third-order valence-corrected chi connectivity index (χ3v) is 5.16. The van der Waals surface area contributed by atoms with Crippen LogP contribution in [0.2, 0.25) is 5.02 Å². The lowest BCUT2D eigenvalue weighted by Gasteiger charge is -2.15. The van der Waals surface area contributed by atoms with Crippen LogP contribution in [0.5, 0.6) is 0 Å². The van der Waals surface area contributed by atoms with E-state index in [1.165, 1.54) is 25.0 Å². The average Bonchev–Trinajstić information content (AvgIpc) is 2.76. The molecule has 2 atom stereocenters. The maximum absolute atomic E-state index is 6.18. The number of anilines is 1. The van der Waals surface area contributed by atoms with Gasteiger partial charge in [0.05, 0.1) is 5.02 Å². The van der Waals surface area contributed by atoms with Crippen molar-refractivity contribution >= 4 is 46.3 Å². The molecule has 1 aromatic carbocycles. The van der Waals surface area contributed by atoms with E-state index in [1.807, 2.05) is 18.2 Å². The standard InChI is InChI=1S/C14H19ClN2S2/c1-2-19-11-5-3-9(7-11)17-10-4-6-12(14(16)18)13(15)8-10/h4,6,8-9,11,17H,2-3,5,7H2,1H3,(H2,16,18). The minimum absolute atomic E-state index is 0.344. The van der Waals surface area contributed by atoms with Crippen molar-refractivity contribution in [2.24, 2.45) is 5.73 Å². The lowest BCUT2D eigenvalue weighted by molar-refractivity contribution is 0.757. The van der Waals surface area contributed by atoms with Crippen molar-refractivity contribution in [1.82, 2.24) is 0 Å². The molecule has 0 radical (unpaired) electrons. The minimum Gasteiger partial charge on any atom is -0.389 e. The van der Waals surface area contributed by atoms with Gasteiger partial charge in [0, 0.05) is 22.5 Å². The highest BCUT2D eigenvalue weighted by molar-refractivity contribution is 7.99. The zero-order chi connectivity index (χ0) is 13.8. The average molecular weight is 315 g/mol. The van der Waals surface area contributed by atoms with Gasteiger partial charge in [-0.05, 0) is 43.2 Å². The van der Waals surface area contributed by atoms with Crippen molar-refractivity contribution in [3.63, 3.8) is 0 Å². The summed E-state index contributed by atoms with van der Waals surface area (Å²) in [6, 6.07) is 6.35. The van der Waals surface area contributed by atoms with Gasteiger partial charge in [-0.25, -0.2) is 0 Å². The van der Waals surface area contributed by atoms with Crippen molar-refractivity contribution in [3.05, 3.63) is 28.8 Å². The molecule has 1 saturated carbocycles. The Balaban J connectivity index is 1.97. The van der Waals surface area contributed by atoms with Gasteiger partial charge < -0.3 is 11.1 Å². The van der Waals surface area contributed by atoms with Crippen LogP contribution in [-0.2, 0) is 0 Å². The largest absolute Gasteiger partial charge is 0.389 e. The lowest BCUT2D eigenvalue weighted by Crippen LogP contribution is -2.16. The van der Waals surface area contributed by atoms with Crippen molar-refractivity contribution in [2.45, 2.75) is 37.5 Å². The third-order valence-electron chi connectivity index (χ3n) is 3.39. The van der Waals surface area contributed by atoms with Gasteiger partial charge in [0.1, 0.15) is 4.99 Å². The summed E-state index contributed by atoms with van der Waals surface area (Å²) in [4.78, 5) is 0.344. The molecule has 19 heavy (non-hydrogen) atoms. The van der Waals surface area contributed by atoms with Crippen molar-refractivity contribution in [1.29, 1.82) is 0 Å². The topological polar surface area (TPSA) is 38.0 Å². The first kappa shape index (κ1) is 14.9. The highest BCUT2D eigenvalue weighted by Crippen LogP contribution is 2.32. The van der Waals surface area contributed by atoms with Crippen LogP contribution in [0.3, 0.4) is 0 Å². The summed E-state index contributed by atoms with van der Waals surface area (Å²) in [5, 5.41) is 4.97. The molecule has 0 spiro atoms. The highest BCUT2D eigenvalue weighted by Gasteiger charge is 2.24. The van der Waals surface area contributed by atoms with Gasteiger partial charge in [0.2, 0.25) is 0 Å². The monoisotopic (exact) mass is 314 g/mol. The van der Waals surface area contributed by atoms with Crippen LogP contribution in [0.15, 0.2) is 18.2 Å². The Hall–Kier alpha value is -0.450. The Kier molecular flexibility index (Phi) is 5.37. The molecule has 0 aromatic heterocycles. The molecule has 1 aromatic rings. The molecule has 0 saturated heterocycles. The lowest BCUT2D eigenvalue weighted by atomic mass is 10.2. The first-order valence-electron chi connectivity index (χ1n) is 6.57. The number of thioether (sulfide) groups is 1. The summed E-state index contributed by atoms with van der Waals surface area (Å²) in [5.41, 5.74) is 7.40. The Morgan fingerprint density at radius 2 is 2.32 bits per heavy atom. The van der Waals surface area contributed by atoms with Gasteiger partial charge in [-0.3, -0.25) is 0 Å². The smallest absolute Gasteiger partial charge is 0.105 e. The predicted octanol–water partition coefficient (Wildman–Crippen LogP) is 4.06. The fourth-order valence-corrected chi connectivity index (χ4v) is 4.16. The molecule has 0 amide bonds. The molecular formula is C14H19ClN2S2. The van der Waals surface area contributed by atoms with E-state index in [0.717, 1.165) is 16.5 Å². The number of halogens is 1. The van der Waals surface area contributed by atoms with Crippen LogP contribution in [0.25, 0.3) is 0 Å². The van der Waals surface area contributed by atoms with Crippen LogP contribution >= 0.6 is 35.6 Å². The summed E-state index contributed by atoms with van der Waals surface area (Å²) >= 11 is 13.2. The molecular weight excluding hydrogens is 296 g/mol. The number of thiocarbonyl (C=S) groups is 1. The van der Waals surface area contributed by atoms with E-state index in [9.17, 15) is 0 Å². The molecule has 2 nitrogen and oxygen atoms in total. The summed E-state index contributed by atoms with van der Waals surface area (Å²) < 4.78 is 0. The van der Waals surface area contributed by atoms with E-state index >= 15 is 0 Å². The molecule has 0 heterocycles. The van der Waals surface area contributed by atoms with Crippen molar-refractivity contribution in [2.75, 3.05) is 11.1 Å². The molecule has 3 N–H and O–H groups in total. The van der Waals surface area contributed by atoms with Crippen LogP contribution in [0.4, 0.5) is 5.69 Å². The maximum atomic E-state index is 6.18. The first-order valence-corrected chi connectivity index (χ1v) is 8.41. The van der Waals surface area contributed by atoms with Gasteiger partial charge in [-0.1, -0.05) is 30.7 Å². The molecule has 1 aliphatic rings. The quantitative estimate of drug-likeness (QED) is 0.804. The van der Waals surface area contributed by atoms with E-state index in [0.29, 0.717) is 16.1 Å². The normalized spacial score (nSPS) is 22.4. The second kappa shape index (κ2) is 6.82. The van der Waals surface area contributed by atoms with E-state index in [4.69, 9.17) is 29.6 Å². The molecule has 104 valence electrons. The van der Waals surface area contributed by atoms with Gasteiger partial charge in [0.15, 0.2) is 0 Å². The van der Waals surface area contributed by atoms with Crippen LogP contribution < -0.4 is 11.1 Å². The molecule has 0 aliphatic heterocycles. The van der Waals surface area contributed by atoms with Crippen LogP contribution in [0, 0.1) is 0 Å². The summed E-state index contributed by atoms with van der Waals surface area (Å²) in [6.07, 6.45) is 3.76. The molecule has 5 heteroatoms. The Morgan fingerprint density at radius 3 is 2.95 bits per heavy atom. The minimum atomic E-state index is 0.344. The number of benzene rings is 1. The first-order chi connectivity index (χ1) is 9.10. The van der Waals surface area contributed by atoms with Crippen LogP contribution in [0.1, 0.15) is 31.7 Å². The highest BCUT2D eigenvalue weighted by atomic mass is 35.5. The van der Waals surface area contributed by atoms with E-state index < -0.39 is 0 Å². The maximum Gasteiger partial charge on any atom is 0.105 e. The van der Waals surface area contributed by atoms with Crippen LogP contribution in [-0.4, -0.2) is 22.0 Å². The fourth-order valence-electron chi connectivity index (χ4n) is 2.50.